The summed E-state index contributed by atoms with van der Waals surface area (Å²) in [6.45, 7) is 12.0. The third-order valence-corrected chi connectivity index (χ3v) is 14.6. The number of likely N-dealkylation sites (tertiary alicyclic amines) is 2. The van der Waals surface area contributed by atoms with E-state index in [4.69, 9.17) is 23.9 Å². The van der Waals surface area contributed by atoms with Crippen LogP contribution in [0.5, 0.6) is 0 Å². The molecule has 0 spiro atoms. The molecule has 6 heterocycles. The number of rotatable bonds is 12. The van der Waals surface area contributed by atoms with Crippen LogP contribution < -0.4 is 5.32 Å². The Morgan fingerprint density at radius 2 is 1.19 bits per heavy atom. The molecule has 15 nitrogen and oxygen atoms in total. The normalized spacial score (nSPS) is 28.5. The van der Waals surface area contributed by atoms with Crippen LogP contribution in [0.15, 0.2) is 54.9 Å². The van der Waals surface area contributed by atoms with Gasteiger partial charge in [0, 0.05) is 17.6 Å². The number of aromatic nitrogens is 4. The number of benzene rings is 2. The molecule has 4 aliphatic heterocycles. The van der Waals surface area contributed by atoms with Crippen LogP contribution in [0.1, 0.15) is 123 Å². The first-order valence-electron chi connectivity index (χ1n) is 24.0. The molecule has 4 saturated heterocycles. The number of H-pyrrole nitrogens is 2. The van der Waals surface area contributed by atoms with Gasteiger partial charge in [0.25, 0.3) is 0 Å². The Hall–Kier alpha value is -5.61. The number of nitrogens with zero attached hydrogens (tertiary/aromatic N) is 4. The molecule has 8 rings (SSSR count). The predicted octanol–water partition coefficient (Wildman–Crippen LogP) is 8.69. The van der Waals surface area contributed by atoms with E-state index < -0.39 is 29.8 Å². The van der Waals surface area contributed by atoms with Gasteiger partial charge in [-0.25, -0.2) is 19.2 Å². The van der Waals surface area contributed by atoms with E-state index in [0.717, 1.165) is 36.1 Å². The highest BCUT2D eigenvalue weighted by Gasteiger charge is 2.46. The third-order valence-electron chi connectivity index (χ3n) is 14.6. The highest BCUT2D eigenvalue weighted by molar-refractivity contribution is 5.87. The van der Waals surface area contributed by atoms with Crippen molar-refractivity contribution in [3.8, 4) is 33.6 Å². The van der Waals surface area contributed by atoms with Crippen molar-refractivity contribution in [3.05, 3.63) is 72.3 Å². The average Bonchev–Trinajstić information content (AvgIpc) is 4.13. The number of carbonyl (C=O) groups is 4. The van der Waals surface area contributed by atoms with Gasteiger partial charge in [-0.15, -0.1) is 0 Å². The maximum absolute atomic E-state index is 16.0. The van der Waals surface area contributed by atoms with Crippen molar-refractivity contribution in [3.63, 3.8) is 0 Å². The van der Waals surface area contributed by atoms with Crippen LogP contribution in [-0.2, 0) is 33.3 Å². The van der Waals surface area contributed by atoms with Crippen molar-refractivity contribution in [2.45, 2.75) is 154 Å². The minimum atomic E-state index is -0.763. The Morgan fingerprint density at radius 1 is 0.687 bits per heavy atom. The average molecular weight is 924 g/mol. The lowest BCUT2D eigenvalue weighted by Crippen LogP contribution is -2.55. The Balaban J connectivity index is 0.953. The van der Waals surface area contributed by atoms with Crippen molar-refractivity contribution >= 4 is 23.9 Å². The molecule has 0 unspecified atom stereocenters. The molecule has 0 radical (unpaired) electrons. The second-order valence-electron chi connectivity index (χ2n) is 19.5. The van der Waals surface area contributed by atoms with Gasteiger partial charge in [-0.3, -0.25) is 14.4 Å². The van der Waals surface area contributed by atoms with Crippen molar-refractivity contribution in [2.24, 2.45) is 17.8 Å². The van der Waals surface area contributed by atoms with Crippen LogP contribution in [0.25, 0.3) is 33.6 Å². The van der Waals surface area contributed by atoms with E-state index in [1.807, 2.05) is 81.7 Å². The fraction of sp³-hybridized carbons (Fsp3) is 0.569. The number of methoxy groups -OCH3 is 2. The summed E-state index contributed by atoms with van der Waals surface area (Å²) in [6, 6.07) is 11.4. The lowest BCUT2D eigenvalue weighted by molar-refractivity contribution is -0.153. The Kier molecular flexibility index (Phi) is 14.5. The lowest BCUT2D eigenvalue weighted by Gasteiger charge is -2.39. The Morgan fingerprint density at radius 3 is 1.75 bits per heavy atom. The van der Waals surface area contributed by atoms with Gasteiger partial charge in [0.15, 0.2) is 0 Å². The SMILES string of the molecule is COC(=O)C[C@H](C(=O)N1[C@@H](C)CC[C@H]1c1ncc(-c2ccc(-c3ccc(-c4cnc([C@@H]5CC[C@H](C)N5C(=O)[C@@H](NC(=O)OC)C5C[C@@H](C)O[C@H](C)C5)[nH]4)cc3)cc2F)[nH]1)C1C[C@@H](C)O[C@H](C)C1. The molecule has 4 aromatic rings. The molecule has 2 aromatic carbocycles. The minimum Gasteiger partial charge on any atom is -0.469 e. The van der Waals surface area contributed by atoms with E-state index >= 15 is 4.39 Å². The van der Waals surface area contributed by atoms with Crippen LogP contribution in [-0.4, -0.2) is 110 Å². The monoisotopic (exact) mass is 923 g/mol. The number of alkyl carbamates (subject to hydrolysis) is 1. The molecule has 0 bridgehead atoms. The van der Waals surface area contributed by atoms with Crippen molar-refractivity contribution in [2.75, 3.05) is 14.2 Å². The first kappa shape index (κ1) is 47.9. The maximum atomic E-state index is 16.0. The van der Waals surface area contributed by atoms with E-state index in [0.29, 0.717) is 60.6 Å². The first-order chi connectivity index (χ1) is 32.1. The Bertz CT molecular complexity index is 2380. The molecule has 0 aliphatic carbocycles. The topological polar surface area (TPSA) is 181 Å². The van der Waals surface area contributed by atoms with E-state index in [2.05, 4.69) is 20.3 Å². The summed E-state index contributed by atoms with van der Waals surface area (Å²) in [7, 11) is 2.65. The summed E-state index contributed by atoms with van der Waals surface area (Å²) in [5.41, 5.74) is 4.06. The quantitative estimate of drug-likeness (QED) is 0.116. The van der Waals surface area contributed by atoms with Crippen molar-refractivity contribution in [1.29, 1.82) is 0 Å². The van der Waals surface area contributed by atoms with Crippen LogP contribution >= 0.6 is 0 Å². The highest BCUT2D eigenvalue weighted by atomic mass is 19.1. The zero-order chi connectivity index (χ0) is 47.7. The van der Waals surface area contributed by atoms with Gasteiger partial charge < -0.3 is 44.0 Å². The zero-order valence-corrected chi connectivity index (χ0v) is 39.9. The summed E-state index contributed by atoms with van der Waals surface area (Å²) in [5.74, 6) is -0.505. The van der Waals surface area contributed by atoms with E-state index in [1.165, 1.54) is 20.3 Å². The van der Waals surface area contributed by atoms with E-state index in [1.54, 1.807) is 18.5 Å². The smallest absolute Gasteiger partial charge is 0.407 e. The summed E-state index contributed by atoms with van der Waals surface area (Å²) in [5, 5.41) is 2.86. The number of hydrogen-bond acceptors (Lipinski definition) is 10. The molecule has 67 heavy (non-hydrogen) atoms. The maximum Gasteiger partial charge on any atom is 0.407 e. The molecule has 360 valence electrons. The molecular formula is C51H66FN7O8. The van der Waals surface area contributed by atoms with Crippen LogP contribution in [0, 0.1) is 23.6 Å². The second-order valence-corrected chi connectivity index (χ2v) is 19.5. The molecular weight excluding hydrogens is 858 g/mol. The van der Waals surface area contributed by atoms with Crippen molar-refractivity contribution in [1.82, 2.24) is 35.1 Å². The summed E-state index contributed by atoms with van der Waals surface area (Å²) in [4.78, 5) is 74.0. The molecule has 0 saturated carbocycles. The van der Waals surface area contributed by atoms with Gasteiger partial charge in [-0.2, -0.15) is 0 Å². The van der Waals surface area contributed by atoms with Gasteiger partial charge in [0.2, 0.25) is 11.8 Å². The standard InChI is InChI=1S/C51H66FN7O8/c1-27-9-17-43(58(27)49(61)39(24-45(60)64-7)36-19-29(3)66-30(4)20-36)48-54-26-42(56-48)38-16-15-35(23-40(38)52)33-11-13-34(14-12-33)41-25-53-47(55-41)44-18-10-28(2)59(44)50(62)46(57-51(63)65-8)37-21-31(5)67-32(6)22-37/h11-16,23,25-32,36-37,39,43-44,46H,9-10,17-22,24H2,1-8H3,(H,53,55)(H,54,56)(H,57,63)/t27-,28-,29+,30+,31+,32+,39-,43-,44-,46-/m0/s1. The van der Waals surface area contributed by atoms with Gasteiger partial charge in [0.05, 0.1) is 86.8 Å². The fourth-order valence-electron chi connectivity index (χ4n) is 11.4. The number of imidazole rings is 2. The largest absolute Gasteiger partial charge is 0.469 e. The van der Waals surface area contributed by atoms with Crippen LogP contribution in [0.4, 0.5) is 9.18 Å². The van der Waals surface area contributed by atoms with Gasteiger partial charge in [-0.05, 0) is 134 Å². The van der Waals surface area contributed by atoms with E-state index in [-0.39, 0.29) is 78.7 Å². The number of halogens is 1. The van der Waals surface area contributed by atoms with Gasteiger partial charge >= 0.3 is 12.1 Å². The van der Waals surface area contributed by atoms with Gasteiger partial charge in [-0.1, -0.05) is 30.3 Å². The number of hydrogen-bond donors (Lipinski definition) is 3. The first-order valence-corrected chi connectivity index (χ1v) is 24.0. The number of amides is 3. The van der Waals surface area contributed by atoms with Crippen LogP contribution in [0.2, 0.25) is 0 Å². The number of carbonyl (C=O) groups excluding carboxylic acids is 4. The molecule has 4 fully saturated rings. The summed E-state index contributed by atoms with van der Waals surface area (Å²) >= 11 is 0. The van der Waals surface area contributed by atoms with E-state index in [9.17, 15) is 19.2 Å². The predicted molar refractivity (Wildman–Crippen MR) is 248 cm³/mol. The molecule has 10 atom stereocenters. The number of nitrogens with one attached hydrogen (secondary N) is 3. The molecule has 2 aromatic heterocycles. The molecule has 3 amide bonds. The third kappa shape index (κ3) is 10.3. The molecule has 4 aliphatic rings. The number of aromatic amines is 2. The molecule has 16 heteroatoms. The van der Waals surface area contributed by atoms with Gasteiger partial charge in [0.1, 0.15) is 23.5 Å². The minimum absolute atomic E-state index is 0.00206. The Labute approximate surface area is 392 Å². The van der Waals surface area contributed by atoms with Crippen LogP contribution in [0.3, 0.4) is 0 Å². The lowest BCUT2D eigenvalue weighted by atomic mass is 9.79. The highest BCUT2D eigenvalue weighted by Crippen LogP contribution is 2.42. The summed E-state index contributed by atoms with van der Waals surface area (Å²) in [6.07, 6.45) is 8.24. The fourth-order valence-corrected chi connectivity index (χ4v) is 11.4. The molecule has 3 N–H and O–H groups in total. The number of ether oxygens (including phenoxy) is 4. The van der Waals surface area contributed by atoms with Crippen molar-refractivity contribution < 1.29 is 42.5 Å². The summed E-state index contributed by atoms with van der Waals surface area (Å²) < 4.78 is 37.9. The number of esters is 1. The second kappa shape index (κ2) is 20.3. The zero-order valence-electron chi connectivity index (χ0n) is 39.9.